The number of sulfonamides is 1. The van der Waals surface area contributed by atoms with E-state index in [1.165, 1.54) is 25.7 Å². The standard InChI is InChI=1S/C19H20N4O5S/c24-19-22-10-4-5-17(29(25,26)21-8-2-1-3-9-21)18(22)20-23(19)12-14-6-7-15-16(11-14)28-13-27-15/h4-7,10-11H,1-3,8-9,12-13H2. The third-order valence-electron chi connectivity index (χ3n) is 5.28. The van der Waals surface area contributed by atoms with Crippen molar-refractivity contribution in [3.63, 3.8) is 0 Å². The highest BCUT2D eigenvalue weighted by atomic mass is 32.2. The van der Waals surface area contributed by atoms with Crippen molar-refractivity contribution >= 4 is 15.7 Å². The lowest BCUT2D eigenvalue weighted by molar-refractivity contribution is 0.174. The Morgan fingerprint density at radius 1 is 1.03 bits per heavy atom. The quantitative estimate of drug-likeness (QED) is 0.639. The molecule has 1 saturated heterocycles. The van der Waals surface area contributed by atoms with Gasteiger partial charge in [0.05, 0.1) is 6.54 Å². The Bertz CT molecular complexity index is 1240. The van der Waals surface area contributed by atoms with Gasteiger partial charge in [-0.05, 0) is 42.7 Å². The molecule has 0 unspecified atom stereocenters. The van der Waals surface area contributed by atoms with E-state index < -0.39 is 15.7 Å². The molecule has 0 amide bonds. The van der Waals surface area contributed by atoms with Crippen LogP contribution in [0.2, 0.25) is 0 Å². The smallest absolute Gasteiger partial charge is 0.350 e. The first-order chi connectivity index (χ1) is 14.0. The fourth-order valence-corrected chi connectivity index (χ4v) is 5.41. The first-order valence-electron chi connectivity index (χ1n) is 9.51. The summed E-state index contributed by atoms with van der Waals surface area (Å²) in [7, 11) is -3.71. The topological polar surface area (TPSA) is 95.1 Å². The van der Waals surface area contributed by atoms with Crippen LogP contribution >= 0.6 is 0 Å². The minimum atomic E-state index is -3.71. The zero-order chi connectivity index (χ0) is 20.0. The molecule has 1 aromatic carbocycles. The van der Waals surface area contributed by atoms with Gasteiger partial charge in [-0.2, -0.15) is 4.31 Å². The molecule has 10 heteroatoms. The van der Waals surface area contributed by atoms with Crippen LogP contribution in [0.3, 0.4) is 0 Å². The number of piperidine rings is 1. The van der Waals surface area contributed by atoms with E-state index >= 15 is 0 Å². The normalized spacial score (nSPS) is 17.1. The molecule has 9 nitrogen and oxygen atoms in total. The van der Waals surface area contributed by atoms with Crippen LogP contribution in [0.1, 0.15) is 24.8 Å². The highest BCUT2D eigenvalue weighted by molar-refractivity contribution is 7.89. The minimum Gasteiger partial charge on any atom is -0.454 e. The predicted octanol–water partition coefficient (Wildman–Crippen LogP) is 1.45. The van der Waals surface area contributed by atoms with E-state index in [2.05, 4.69) is 5.10 Å². The molecular formula is C19H20N4O5S. The van der Waals surface area contributed by atoms with Crippen molar-refractivity contribution in [2.45, 2.75) is 30.7 Å². The Kier molecular flexibility index (Phi) is 4.32. The van der Waals surface area contributed by atoms with Crippen LogP contribution in [0.4, 0.5) is 0 Å². The number of nitrogens with zero attached hydrogens (tertiary/aromatic N) is 4. The van der Waals surface area contributed by atoms with Crippen LogP contribution in [0.5, 0.6) is 11.5 Å². The maximum absolute atomic E-state index is 13.1. The van der Waals surface area contributed by atoms with E-state index in [1.807, 2.05) is 6.07 Å². The number of aromatic nitrogens is 3. The summed E-state index contributed by atoms with van der Waals surface area (Å²) in [6, 6.07) is 8.48. The molecule has 152 valence electrons. The Morgan fingerprint density at radius 2 is 1.83 bits per heavy atom. The summed E-state index contributed by atoms with van der Waals surface area (Å²) < 4.78 is 41.0. The van der Waals surface area contributed by atoms with E-state index in [0.29, 0.717) is 24.6 Å². The summed E-state index contributed by atoms with van der Waals surface area (Å²) >= 11 is 0. The number of fused-ring (bicyclic) bond motifs is 2. The van der Waals surface area contributed by atoms with Crippen LogP contribution in [0.15, 0.2) is 46.2 Å². The fourth-order valence-electron chi connectivity index (χ4n) is 3.77. The van der Waals surface area contributed by atoms with E-state index in [-0.39, 0.29) is 23.9 Å². The molecule has 2 aliphatic rings. The van der Waals surface area contributed by atoms with Crippen molar-refractivity contribution in [3.05, 3.63) is 52.6 Å². The van der Waals surface area contributed by atoms with Crippen LogP contribution in [0.25, 0.3) is 5.65 Å². The van der Waals surface area contributed by atoms with Crippen molar-refractivity contribution in [2.24, 2.45) is 0 Å². The molecular weight excluding hydrogens is 396 g/mol. The summed E-state index contributed by atoms with van der Waals surface area (Å²) in [4.78, 5) is 12.9. The van der Waals surface area contributed by atoms with Crippen LogP contribution in [-0.4, -0.2) is 46.8 Å². The zero-order valence-electron chi connectivity index (χ0n) is 15.7. The molecule has 0 aliphatic carbocycles. The number of benzene rings is 1. The zero-order valence-corrected chi connectivity index (χ0v) is 16.5. The molecule has 5 rings (SSSR count). The first-order valence-corrected chi connectivity index (χ1v) is 10.9. The van der Waals surface area contributed by atoms with Crippen molar-refractivity contribution < 1.29 is 17.9 Å². The Hall–Kier alpha value is -2.85. The molecule has 2 aromatic heterocycles. The third kappa shape index (κ3) is 3.08. The summed E-state index contributed by atoms with van der Waals surface area (Å²) in [5, 5.41) is 4.35. The molecule has 0 saturated carbocycles. The molecule has 0 atom stereocenters. The molecule has 0 bridgehead atoms. The van der Waals surface area contributed by atoms with Gasteiger partial charge in [-0.15, -0.1) is 5.10 Å². The highest BCUT2D eigenvalue weighted by Gasteiger charge is 2.29. The Morgan fingerprint density at radius 3 is 2.66 bits per heavy atom. The average Bonchev–Trinajstić information content (AvgIpc) is 3.33. The number of hydrogen-bond acceptors (Lipinski definition) is 6. The third-order valence-corrected chi connectivity index (χ3v) is 7.20. The lowest BCUT2D eigenvalue weighted by atomic mass is 10.2. The summed E-state index contributed by atoms with van der Waals surface area (Å²) in [5.74, 6) is 1.28. The second kappa shape index (κ2) is 6.89. The van der Waals surface area contributed by atoms with Crippen LogP contribution in [-0.2, 0) is 16.6 Å². The second-order valence-electron chi connectivity index (χ2n) is 7.16. The lowest BCUT2D eigenvalue weighted by Gasteiger charge is -2.25. The summed E-state index contributed by atoms with van der Waals surface area (Å²) in [6.07, 6.45) is 4.25. The van der Waals surface area contributed by atoms with Gasteiger partial charge in [-0.1, -0.05) is 12.5 Å². The number of rotatable bonds is 4. The Labute approximate surface area is 167 Å². The van der Waals surface area contributed by atoms with Crippen molar-refractivity contribution in [1.82, 2.24) is 18.5 Å². The van der Waals surface area contributed by atoms with Gasteiger partial charge in [-0.3, -0.25) is 0 Å². The largest absolute Gasteiger partial charge is 0.454 e. The van der Waals surface area contributed by atoms with Crippen molar-refractivity contribution in [3.8, 4) is 11.5 Å². The number of ether oxygens (including phenoxy) is 2. The van der Waals surface area contributed by atoms with Gasteiger partial charge in [0, 0.05) is 19.3 Å². The Balaban J connectivity index is 1.55. The van der Waals surface area contributed by atoms with Gasteiger partial charge in [0.1, 0.15) is 4.90 Å². The molecule has 0 N–H and O–H groups in total. The van der Waals surface area contributed by atoms with Gasteiger partial charge in [0.2, 0.25) is 16.8 Å². The number of hydrogen-bond donors (Lipinski definition) is 0. The van der Waals surface area contributed by atoms with E-state index in [9.17, 15) is 13.2 Å². The summed E-state index contributed by atoms with van der Waals surface area (Å²) in [6.45, 7) is 1.35. The highest BCUT2D eigenvalue weighted by Crippen LogP contribution is 2.32. The number of pyridine rings is 1. The van der Waals surface area contributed by atoms with Crippen LogP contribution < -0.4 is 15.2 Å². The van der Waals surface area contributed by atoms with Gasteiger partial charge >= 0.3 is 5.69 Å². The lowest BCUT2D eigenvalue weighted by Crippen LogP contribution is -2.35. The van der Waals surface area contributed by atoms with Crippen LogP contribution in [0, 0.1) is 0 Å². The minimum absolute atomic E-state index is 0.0587. The molecule has 1 fully saturated rings. The maximum atomic E-state index is 13.1. The SMILES string of the molecule is O=c1n(Cc2ccc3c(c2)OCO3)nc2c(S(=O)(=O)N3CCCCC3)cccn12. The monoisotopic (exact) mass is 416 g/mol. The molecule has 4 heterocycles. The van der Waals surface area contributed by atoms with Crippen molar-refractivity contribution in [1.29, 1.82) is 0 Å². The molecule has 2 aliphatic heterocycles. The maximum Gasteiger partial charge on any atom is 0.350 e. The average molecular weight is 416 g/mol. The van der Waals surface area contributed by atoms with Gasteiger partial charge < -0.3 is 9.47 Å². The van der Waals surface area contributed by atoms with Gasteiger partial charge in [-0.25, -0.2) is 22.3 Å². The van der Waals surface area contributed by atoms with Gasteiger partial charge in [0.25, 0.3) is 0 Å². The van der Waals surface area contributed by atoms with E-state index in [1.54, 1.807) is 18.2 Å². The van der Waals surface area contributed by atoms with E-state index in [4.69, 9.17) is 9.47 Å². The molecule has 29 heavy (non-hydrogen) atoms. The molecule has 3 aromatic rings. The second-order valence-corrected chi connectivity index (χ2v) is 9.06. The van der Waals surface area contributed by atoms with E-state index in [0.717, 1.165) is 24.8 Å². The van der Waals surface area contributed by atoms with Crippen molar-refractivity contribution in [2.75, 3.05) is 19.9 Å². The molecule has 0 spiro atoms. The van der Waals surface area contributed by atoms with Gasteiger partial charge in [0.15, 0.2) is 17.1 Å². The predicted molar refractivity (Wildman–Crippen MR) is 104 cm³/mol. The fraction of sp³-hybridized carbons (Fsp3) is 0.368. The molecule has 0 radical (unpaired) electrons. The first kappa shape index (κ1) is 18.2. The summed E-state index contributed by atoms with van der Waals surface area (Å²) in [5.41, 5.74) is 0.553.